The Morgan fingerprint density at radius 1 is 0.967 bits per heavy atom. The molecule has 0 N–H and O–H groups in total. The number of piperidine rings is 1. The topological polar surface area (TPSA) is 56.8 Å². The van der Waals surface area contributed by atoms with E-state index in [4.69, 9.17) is 0 Å². The van der Waals surface area contributed by atoms with Crippen LogP contribution in [0.25, 0.3) is 0 Å². The van der Waals surface area contributed by atoms with E-state index in [0.29, 0.717) is 5.91 Å². The highest BCUT2D eigenvalue weighted by atomic mass is 16.2. The highest BCUT2D eigenvalue weighted by Gasteiger charge is 2.59. The SMILES string of the molecule is O=C(C1=CCCCC1)N1CCC2(CC1)C[C@H]2C(=O)N1CCN(c2ccccn2)CC1. The molecule has 0 unspecified atom stereocenters. The zero-order valence-electron chi connectivity index (χ0n) is 17.8. The molecule has 1 atom stereocenters. The van der Waals surface area contributed by atoms with Crippen molar-refractivity contribution in [3.63, 3.8) is 0 Å². The molecular weight excluding hydrogens is 376 g/mol. The Bertz CT molecular complexity index is 821. The van der Waals surface area contributed by atoms with Crippen LogP contribution in [0.2, 0.25) is 0 Å². The summed E-state index contributed by atoms with van der Waals surface area (Å²) in [4.78, 5) is 36.7. The summed E-state index contributed by atoms with van der Waals surface area (Å²) < 4.78 is 0. The number of piperazine rings is 1. The number of allylic oxidation sites excluding steroid dienone is 1. The van der Waals surface area contributed by atoms with Crippen molar-refractivity contribution in [2.45, 2.75) is 44.9 Å². The molecule has 0 aromatic carbocycles. The summed E-state index contributed by atoms with van der Waals surface area (Å²) in [5, 5.41) is 0. The van der Waals surface area contributed by atoms with Gasteiger partial charge in [-0.1, -0.05) is 12.1 Å². The summed E-state index contributed by atoms with van der Waals surface area (Å²) in [6.45, 7) is 4.88. The lowest BCUT2D eigenvalue weighted by Gasteiger charge is -2.37. The molecule has 1 aromatic heterocycles. The molecule has 6 heteroatoms. The van der Waals surface area contributed by atoms with E-state index < -0.39 is 0 Å². The van der Waals surface area contributed by atoms with Crippen LogP contribution in [0, 0.1) is 11.3 Å². The second-order valence-electron chi connectivity index (χ2n) is 9.39. The monoisotopic (exact) mass is 408 g/mol. The minimum absolute atomic E-state index is 0.160. The number of carbonyl (C=O) groups excluding carboxylic acids is 2. The standard InChI is InChI=1S/C24H32N4O2/c29-22(19-6-2-1-3-7-19)27-12-9-24(10-13-27)18-20(24)23(30)28-16-14-26(15-17-28)21-8-4-5-11-25-21/h4-6,8,11,20H,1-3,7,9-10,12-18H2/t20-/m0/s1. The van der Waals surface area contributed by atoms with Gasteiger partial charge in [-0.3, -0.25) is 9.59 Å². The van der Waals surface area contributed by atoms with E-state index in [-0.39, 0.29) is 17.2 Å². The fourth-order valence-corrected chi connectivity index (χ4v) is 5.56. The fourth-order valence-electron chi connectivity index (χ4n) is 5.56. The van der Waals surface area contributed by atoms with Crippen LogP contribution in [0.3, 0.4) is 0 Å². The first-order valence-electron chi connectivity index (χ1n) is 11.6. The molecule has 1 saturated carbocycles. The first-order chi connectivity index (χ1) is 14.7. The molecule has 2 aliphatic carbocycles. The molecule has 1 spiro atoms. The summed E-state index contributed by atoms with van der Waals surface area (Å²) >= 11 is 0. The summed E-state index contributed by atoms with van der Waals surface area (Å²) in [5.41, 5.74) is 1.18. The number of rotatable bonds is 3. The third-order valence-corrected chi connectivity index (χ3v) is 7.66. The molecular formula is C24H32N4O2. The number of hydrogen-bond acceptors (Lipinski definition) is 4. The van der Waals surface area contributed by atoms with Crippen LogP contribution in [0.4, 0.5) is 5.82 Å². The van der Waals surface area contributed by atoms with Crippen molar-refractivity contribution in [3.8, 4) is 0 Å². The van der Waals surface area contributed by atoms with Gasteiger partial charge in [0.25, 0.3) is 0 Å². The molecule has 0 radical (unpaired) electrons. The average molecular weight is 409 g/mol. The van der Waals surface area contributed by atoms with Gasteiger partial charge in [0.2, 0.25) is 11.8 Å². The van der Waals surface area contributed by atoms with Crippen LogP contribution in [-0.4, -0.2) is 65.9 Å². The molecule has 5 rings (SSSR count). The van der Waals surface area contributed by atoms with Crippen LogP contribution < -0.4 is 4.90 Å². The van der Waals surface area contributed by atoms with Gasteiger partial charge in [-0.05, 0) is 62.5 Å². The van der Waals surface area contributed by atoms with Crippen LogP contribution in [0.15, 0.2) is 36.0 Å². The Hall–Kier alpha value is -2.37. The molecule has 160 valence electrons. The highest BCUT2D eigenvalue weighted by molar-refractivity contribution is 5.93. The molecule has 0 bridgehead atoms. The van der Waals surface area contributed by atoms with Crippen LogP contribution >= 0.6 is 0 Å². The van der Waals surface area contributed by atoms with Gasteiger partial charge in [-0.15, -0.1) is 0 Å². The van der Waals surface area contributed by atoms with Crippen LogP contribution in [0.1, 0.15) is 44.9 Å². The maximum Gasteiger partial charge on any atom is 0.249 e. The number of hydrogen-bond donors (Lipinski definition) is 0. The molecule has 2 amide bonds. The van der Waals surface area contributed by atoms with Gasteiger partial charge in [0.1, 0.15) is 5.82 Å². The summed E-state index contributed by atoms with van der Waals surface area (Å²) in [6.07, 6.45) is 11.3. The van der Waals surface area contributed by atoms with Crippen molar-refractivity contribution in [3.05, 3.63) is 36.0 Å². The average Bonchev–Trinajstić information content (AvgIpc) is 3.53. The maximum absolute atomic E-state index is 13.1. The Labute approximate surface area is 178 Å². The summed E-state index contributed by atoms with van der Waals surface area (Å²) in [6, 6.07) is 5.97. The van der Waals surface area contributed by atoms with Gasteiger partial charge in [-0.25, -0.2) is 4.98 Å². The Kier molecular flexibility index (Phi) is 5.25. The van der Waals surface area contributed by atoms with Crippen molar-refractivity contribution in [2.24, 2.45) is 11.3 Å². The van der Waals surface area contributed by atoms with E-state index in [1.54, 1.807) is 0 Å². The minimum Gasteiger partial charge on any atom is -0.353 e. The Balaban J connectivity index is 1.12. The van der Waals surface area contributed by atoms with Crippen molar-refractivity contribution >= 4 is 17.6 Å². The number of pyridine rings is 1. The molecule has 2 saturated heterocycles. The second-order valence-corrected chi connectivity index (χ2v) is 9.39. The van der Waals surface area contributed by atoms with Gasteiger partial charge in [-0.2, -0.15) is 0 Å². The third-order valence-electron chi connectivity index (χ3n) is 7.66. The number of anilines is 1. The lowest BCUT2D eigenvalue weighted by atomic mass is 9.89. The molecule has 1 aromatic rings. The largest absolute Gasteiger partial charge is 0.353 e. The van der Waals surface area contributed by atoms with E-state index in [9.17, 15) is 9.59 Å². The predicted molar refractivity (Wildman–Crippen MR) is 116 cm³/mol. The number of nitrogens with zero attached hydrogens (tertiary/aromatic N) is 4. The molecule has 30 heavy (non-hydrogen) atoms. The number of carbonyl (C=O) groups is 2. The quantitative estimate of drug-likeness (QED) is 0.772. The number of amides is 2. The lowest BCUT2D eigenvalue weighted by Crippen LogP contribution is -2.50. The van der Waals surface area contributed by atoms with E-state index in [1.807, 2.05) is 29.3 Å². The maximum atomic E-state index is 13.1. The van der Waals surface area contributed by atoms with Crippen LogP contribution in [-0.2, 0) is 9.59 Å². The van der Waals surface area contributed by atoms with Gasteiger partial charge in [0.15, 0.2) is 0 Å². The first kappa shape index (κ1) is 19.6. The first-order valence-corrected chi connectivity index (χ1v) is 11.6. The van der Waals surface area contributed by atoms with Crippen molar-refractivity contribution in [1.82, 2.24) is 14.8 Å². The van der Waals surface area contributed by atoms with Crippen molar-refractivity contribution < 1.29 is 9.59 Å². The Morgan fingerprint density at radius 2 is 1.77 bits per heavy atom. The fraction of sp³-hybridized carbons (Fsp3) is 0.625. The van der Waals surface area contributed by atoms with E-state index in [1.165, 1.54) is 6.42 Å². The molecule has 3 fully saturated rings. The molecule has 4 aliphatic rings. The van der Waals surface area contributed by atoms with E-state index >= 15 is 0 Å². The van der Waals surface area contributed by atoms with Gasteiger partial charge < -0.3 is 14.7 Å². The smallest absolute Gasteiger partial charge is 0.249 e. The van der Waals surface area contributed by atoms with E-state index in [2.05, 4.69) is 20.9 Å². The Morgan fingerprint density at radius 3 is 2.43 bits per heavy atom. The molecule has 2 aliphatic heterocycles. The highest BCUT2D eigenvalue weighted by Crippen LogP contribution is 2.60. The molecule has 6 nitrogen and oxygen atoms in total. The number of likely N-dealkylation sites (tertiary alicyclic amines) is 1. The van der Waals surface area contributed by atoms with Crippen LogP contribution in [0.5, 0.6) is 0 Å². The number of aromatic nitrogens is 1. The zero-order valence-corrected chi connectivity index (χ0v) is 17.8. The van der Waals surface area contributed by atoms with Gasteiger partial charge in [0.05, 0.1) is 0 Å². The minimum atomic E-state index is 0.160. The lowest BCUT2D eigenvalue weighted by molar-refractivity contribution is -0.134. The van der Waals surface area contributed by atoms with Gasteiger partial charge in [0, 0.05) is 57.0 Å². The summed E-state index contributed by atoms with van der Waals surface area (Å²) in [7, 11) is 0. The predicted octanol–water partition coefficient (Wildman–Crippen LogP) is 2.86. The third kappa shape index (κ3) is 3.72. The normalized spacial score (nSPS) is 25.8. The zero-order chi connectivity index (χ0) is 20.6. The van der Waals surface area contributed by atoms with Gasteiger partial charge >= 0.3 is 0 Å². The second kappa shape index (κ2) is 8.05. The van der Waals surface area contributed by atoms with Crippen molar-refractivity contribution in [1.29, 1.82) is 0 Å². The van der Waals surface area contributed by atoms with Crippen molar-refractivity contribution in [2.75, 3.05) is 44.2 Å². The van der Waals surface area contributed by atoms with E-state index in [0.717, 1.165) is 89.2 Å². The molecule has 3 heterocycles. The summed E-state index contributed by atoms with van der Waals surface area (Å²) in [5.74, 6) is 1.76.